The van der Waals surface area contributed by atoms with Gasteiger partial charge in [-0.15, -0.1) is 5.10 Å². The van der Waals surface area contributed by atoms with Crippen molar-refractivity contribution in [1.82, 2.24) is 25.5 Å². The van der Waals surface area contributed by atoms with Crippen molar-refractivity contribution in [2.45, 2.75) is 31.9 Å². The lowest BCUT2D eigenvalue weighted by molar-refractivity contribution is -0.193. The fourth-order valence-corrected chi connectivity index (χ4v) is 1.73. The van der Waals surface area contributed by atoms with Gasteiger partial charge in [0.25, 0.3) is 0 Å². The van der Waals surface area contributed by atoms with E-state index in [1.54, 1.807) is 25.1 Å². The second kappa shape index (κ2) is 12.5. The number of halogens is 7. The third-order valence-corrected chi connectivity index (χ3v) is 3.22. The Morgan fingerprint density at radius 1 is 1.12 bits per heavy atom. The molecule has 5 N–H and O–H groups in total. The minimum atomic E-state index is -5.08. The summed E-state index contributed by atoms with van der Waals surface area (Å²) >= 11 is 5.96. The van der Waals surface area contributed by atoms with Gasteiger partial charge in [0.15, 0.2) is 0 Å². The molecule has 1 unspecified atom stereocenters. The molecule has 184 valence electrons. The van der Waals surface area contributed by atoms with Crippen LogP contribution in [-0.4, -0.2) is 66.7 Å². The highest BCUT2D eigenvalue weighted by molar-refractivity contribution is 6.30. The van der Waals surface area contributed by atoms with Gasteiger partial charge in [-0.05, 0) is 41.1 Å². The van der Waals surface area contributed by atoms with Crippen LogP contribution in [0.5, 0.6) is 0 Å². The van der Waals surface area contributed by atoms with E-state index in [0.717, 1.165) is 11.3 Å². The molecule has 0 fully saturated rings. The van der Waals surface area contributed by atoms with E-state index in [9.17, 15) is 31.1 Å². The molecule has 2 rings (SSSR count). The number of carboxylic acid groups (broad SMARTS) is 2. The quantitative estimate of drug-likeness (QED) is 0.447. The first kappa shape index (κ1) is 29.5. The lowest BCUT2D eigenvalue weighted by atomic mass is 10.1. The van der Waals surface area contributed by atoms with Crippen LogP contribution in [0.15, 0.2) is 24.5 Å². The van der Waals surface area contributed by atoms with Crippen LogP contribution in [0.25, 0.3) is 5.69 Å². The molecule has 2 aromatic rings. The Hall–Kier alpha value is -3.47. The minimum absolute atomic E-state index is 0.234. The molecule has 1 aromatic heterocycles. The average Bonchev–Trinajstić information content (AvgIpc) is 3.20. The van der Waals surface area contributed by atoms with Gasteiger partial charge in [-0.25, -0.2) is 14.3 Å². The van der Waals surface area contributed by atoms with Gasteiger partial charge >= 0.3 is 24.3 Å². The molecule has 1 heterocycles. The van der Waals surface area contributed by atoms with E-state index in [4.69, 9.17) is 37.1 Å². The van der Waals surface area contributed by atoms with E-state index in [1.807, 2.05) is 0 Å². The monoisotopic (exact) mass is 508 g/mol. The first-order valence-corrected chi connectivity index (χ1v) is 8.49. The van der Waals surface area contributed by atoms with Crippen LogP contribution >= 0.6 is 11.6 Å². The Kier molecular flexibility index (Phi) is 11.2. The number of hydrogen-bond acceptors (Lipinski definition) is 7. The van der Waals surface area contributed by atoms with Crippen LogP contribution < -0.4 is 11.1 Å². The number of nitrogens with zero attached hydrogens (tertiary/aromatic N) is 4. The SMILES string of the molecule is CC(N)C(=O)NCc1cc(Cl)ccc1-n1cnnn1.O=C(O)C(F)(F)F.O=C(O)C(F)(F)F. The van der Waals surface area contributed by atoms with Crippen LogP contribution in [0.3, 0.4) is 0 Å². The summed E-state index contributed by atoms with van der Waals surface area (Å²) in [5, 5.41) is 28.5. The molecule has 18 heteroatoms. The number of tetrazole rings is 1. The number of hydrogen-bond donors (Lipinski definition) is 4. The Morgan fingerprint density at radius 2 is 1.61 bits per heavy atom. The number of carbonyl (C=O) groups excluding carboxylic acids is 1. The number of alkyl halides is 6. The topological polar surface area (TPSA) is 173 Å². The summed E-state index contributed by atoms with van der Waals surface area (Å²) in [5.74, 6) is -5.75. The predicted molar refractivity (Wildman–Crippen MR) is 97.0 cm³/mol. The molecule has 1 amide bonds. The summed E-state index contributed by atoms with van der Waals surface area (Å²) in [6, 6.07) is 4.71. The maximum atomic E-state index is 11.5. The van der Waals surface area contributed by atoms with E-state index in [2.05, 4.69) is 20.8 Å². The molecule has 33 heavy (non-hydrogen) atoms. The van der Waals surface area contributed by atoms with E-state index >= 15 is 0 Å². The summed E-state index contributed by atoms with van der Waals surface area (Å²) < 4.78 is 65.0. The fraction of sp³-hybridized carbons (Fsp3) is 0.333. The Morgan fingerprint density at radius 3 is 1.97 bits per heavy atom. The van der Waals surface area contributed by atoms with Crippen molar-refractivity contribution in [1.29, 1.82) is 0 Å². The zero-order valence-corrected chi connectivity index (χ0v) is 17.0. The molecule has 0 bridgehead atoms. The van der Waals surface area contributed by atoms with Gasteiger partial charge in [-0.3, -0.25) is 4.79 Å². The van der Waals surface area contributed by atoms with Gasteiger partial charge in [0.05, 0.1) is 11.7 Å². The molecule has 0 aliphatic carbocycles. The molecular formula is C15H15ClF6N6O5. The van der Waals surface area contributed by atoms with E-state index in [1.165, 1.54) is 11.0 Å². The molecular weight excluding hydrogens is 494 g/mol. The van der Waals surface area contributed by atoms with Gasteiger partial charge in [-0.1, -0.05) is 11.6 Å². The summed E-state index contributed by atoms with van der Waals surface area (Å²) in [6.07, 6.45) is -8.69. The predicted octanol–water partition coefficient (Wildman–Crippen LogP) is 1.55. The number of rotatable bonds is 4. The number of nitrogens with two attached hydrogens (primary N) is 1. The van der Waals surface area contributed by atoms with E-state index < -0.39 is 30.3 Å². The summed E-state index contributed by atoms with van der Waals surface area (Å²) in [5.41, 5.74) is 7.04. The van der Waals surface area contributed by atoms with Crippen molar-refractivity contribution in [3.63, 3.8) is 0 Å². The number of nitrogens with one attached hydrogen (secondary N) is 1. The number of aliphatic carboxylic acids is 2. The molecule has 1 atom stereocenters. The van der Waals surface area contributed by atoms with Crippen molar-refractivity contribution in [2.24, 2.45) is 5.73 Å². The number of benzene rings is 1. The maximum Gasteiger partial charge on any atom is 0.490 e. The van der Waals surface area contributed by atoms with E-state index in [0.29, 0.717) is 11.6 Å². The highest BCUT2D eigenvalue weighted by Crippen LogP contribution is 2.19. The molecule has 0 saturated heterocycles. The summed E-state index contributed by atoms with van der Waals surface area (Å²) in [7, 11) is 0. The highest BCUT2D eigenvalue weighted by atomic mass is 35.5. The standard InChI is InChI=1S/C11H13ClN6O.2C2HF3O2/c1-7(13)11(19)14-5-8-4-9(12)2-3-10(8)18-6-15-16-17-18;2*3-2(4,5)1(6)7/h2-4,6-7H,5,13H2,1H3,(H,14,19);2*(H,6,7). The smallest absolute Gasteiger partial charge is 0.475 e. The lowest BCUT2D eigenvalue weighted by Crippen LogP contribution is -2.38. The second-order valence-corrected chi connectivity index (χ2v) is 6.08. The van der Waals surface area contributed by atoms with Crippen molar-refractivity contribution in [3.05, 3.63) is 35.1 Å². The van der Waals surface area contributed by atoms with E-state index in [-0.39, 0.29) is 5.91 Å². The fourth-order valence-electron chi connectivity index (χ4n) is 1.53. The molecule has 11 nitrogen and oxygen atoms in total. The third kappa shape index (κ3) is 11.6. The van der Waals surface area contributed by atoms with Crippen LogP contribution in [0.1, 0.15) is 12.5 Å². The largest absolute Gasteiger partial charge is 0.490 e. The minimum Gasteiger partial charge on any atom is -0.475 e. The van der Waals surface area contributed by atoms with Crippen LogP contribution in [0, 0.1) is 0 Å². The number of carbonyl (C=O) groups is 3. The van der Waals surface area contributed by atoms with Gasteiger partial charge in [0.1, 0.15) is 6.33 Å². The summed E-state index contributed by atoms with van der Waals surface area (Å²) in [4.78, 5) is 29.3. The van der Waals surface area contributed by atoms with Crippen molar-refractivity contribution in [3.8, 4) is 5.69 Å². The Labute approximate surface area is 185 Å². The average molecular weight is 509 g/mol. The first-order valence-electron chi connectivity index (χ1n) is 8.12. The highest BCUT2D eigenvalue weighted by Gasteiger charge is 2.38. The van der Waals surface area contributed by atoms with Crippen molar-refractivity contribution in [2.75, 3.05) is 0 Å². The van der Waals surface area contributed by atoms with Gasteiger partial charge < -0.3 is 21.3 Å². The molecule has 0 aliphatic heterocycles. The molecule has 0 radical (unpaired) electrons. The van der Waals surface area contributed by atoms with Gasteiger partial charge in [0, 0.05) is 11.6 Å². The first-order chi connectivity index (χ1) is 15.0. The molecule has 1 aromatic carbocycles. The van der Waals surface area contributed by atoms with Gasteiger partial charge in [0.2, 0.25) is 5.91 Å². The molecule has 0 spiro atoms. The second-order valence-electron chi connectivity index (χ2n) is 5.64. The van der Waals surface area contributed by atoms with Gasteiger partial charge in [-0.2, -0.15) is 26.3 Å². The Balaban J connectivity index is 0.000000605. The zero-order chi connectivity index (χ0) is 26.0. The number of aromatic nitrogens is 4. The zero-order valence-electron chi connectivity index (χ0n) is 16.2. The molecule has 0 aliphatic rings. The number of carboxylic acids is 2. The van der Waals surface area contributed by atoms with Crippen molar-refractivity contribution >= 4 is 29.4 Å². The lowest BCUT2D eigenvalue weighted by Gasteiger charge is -2.11. The van der Waals surface area contributed by atoms with Crippen LogP contribution in [-0.2, 0) is 20.9 Å². The molecule has 0 saturated carbocycles. The Bertz CT molecular complexity index is 912. The van der Waals surface area contributed by atoms with Crippen molar-refractivity contribution < 1.29 is 50.9 Å². The maximum absolute atomic E-state index is 11.5. The normalized spacial score (nSPS) is 11.8. The third-order valence-electron chi connectivity index (χ3n) is 2.99. The summed E-state index contributed by atoms with van der Waals surface area (Å²) in [6.45, 7) is 1.92. The van der Waals surface area contributed by atoms with Crippen LogP contribution in [0.4, 0.5) is 26.3 Å². The van der Waals surface area contributed by atoms with Crippen LogP contribution in [0.2, 0.25) is 5.02 Å². The number of amides is 1.